The molecule has 0 unspecified atom stereocenters. The molecule has 31 heteroatoms. The summed E-state index contributed by atoms with van der Waals surface area (Å²) in [5, 5.41) is 48.3. The minimum absolute atomic E-state index is 0.0263. The van der Waals surface area contributed by atoms with Crippen molar-refractivity contribution >= 4 is 64.8 Å². The molecule has 1 saturated heterocycles. The minimum Gasteiger partial charge on any atom is -0.391 e. The Bertz CT molecular complexity index is 2180. The Morgan fingerprint density at radius 1 is 0.759 bits per heavy atom. The number of aliphatic imine (C=N–C) groups is 1. The summed E-state index contributed by atoms with van der Waals surface area (Å²) in [6, 6.07) is -6.53. The van der Waals surface area contributed by atoms with Gasteiger partial charge in [0.15, 0.2) is 5.96 Å². The normalized spacial score (nSPS) is 15.8. The van der Waals surface area contributed by atoms with E-state index in [-0.39, 0.29) is 95.0 Å². The summed E-state index contributed by atoms with van der Waals surface area (Å²) in [6.07, 6.45) is 4.73. The van der Waals surface area contributed by atoms with Crippen LogP contribution in [0.5, 0.6) is 0 Å². The predicted molar refractivity (Wildman–Crippen MR) is 291 cm³/mol. The van der Waals surface area contributed by atoms with Crippen LogP contribution >= 0.6 is 0 Å². The van der Waals surface area contributed by atoms with Crippen LogP contribution in [0, 0.1) is 5.41 Å². The summed E-state index contributed by atoms with van der Waals surface area (Å²) in [5.41, 5.74) is 39.0. The number of amides is 9. The lowest BCUT2D eigenvalue weighted by atomic mass is 10.1. The van der Waals surface area contributed by atoms with Crippen molar-refractivity contribution in [2.24, 2.45) is 45.1 Å². The van der Waals surface area contributed by atoms with E-state index in [1.165, 1.54) is 23.5 Å². The Balaban J connectivity index is 2.42. The number of aliphatic hydroxyl groups is 2. The summed E-state index contributed by atoms with van der Waals surface area (Å²) in [4.78, 5) is 135. The van der Waals surface area contributed by atoms with Gasteiger partial charge in [-0.1, -0.05) is 6.08 Å². The van der Waals surface area contributed by atoms with Crippen LogP contribution in [0.1, 0.15) is 95.6 Å². The Labute approximate surface area is 459 Å². The van der Waals surface area contributed by atoms with Crippen molar-refractivity contribution in [3.05, 3.63) is 30.0 Å². The van der Waals surface area contributed by atoms with Crippen molar-refractivity contribution in [2.75, 3.05) is 65.4 Å². The highest BCUT2D eigenvalue weighted by molar-refractivity contribution is 6.40. The van der Waals surface area contributed by atoms with Crippen LogP contribution in [-0.2, 0) is 49.6 Å². The van der Waals surface area contributed by atoms with E-state index in [0.29, 0.717) is 70.3 Å². The molecule has 0 aliphatic carbocycles. The summed E-state index contributed by atoms with van der Waals surface area (Å²) >= 11 is 0. The molecule has 2 rings (SSSR count). The number of rotatable bonds is 39. The lowest BCUT2D eigenvalue weighted by Gasteiger charge is -2.28. The molecule has 0 aromatic carbocycles. The van der Waals surface area contributed by atoms with Gasteiger partial charge in [-0.05, 0) is 110 Å². The summed E-state index contributed by atoms with van der Waals surface area (Å²) in [5.74, 6) is -7.67. The first kappa shape index (κ1) is 68.1. The van der Waals surface area contributed by atoms with Crippen molar-refractivity contribution in [3.8, 4) is 0 Å². The van der Waals surface area contributed by atoms with Crippen LogP contribution in [0.3, 0.4) is 0 Å². The number of carbonyl (C=O) groups is 9. The standard InChI is InChI=1S/C48H86N20O11/c49-15-3-1-10-31(41(73)58-19-6-5-17-51)63-43(75)33(13-8-20-59-48(55)56)64-42(74)32(11-2-4-16-50)65-44(76)35(22-29-26-57-28-61-29)66-45(77)36-14-9-21-68(36)47(79)34(12-7-18-52)62-39(72)27-60-46(78)40(37(70)25-54)67-38(71)23-30(69)24-53/h13,26,28,30-32,35-37,40,69-70H,1-12,14-25,27,49-54H2,(H,57,61)(H,58,73)(H,60,78)(H,63,75)(H,64,74)(H,65,76)(H,66,77)(H,67,71)(H4,55,56,59)/b33-13-,62-34+/t30-,31+,32+,35+,36+,37+,40+/m1/s1. The summed E-state index contributed by atoms with van der Waals surface area (Å²) < 4.78 is 0. The van der Waals surface area contributed by atoms with Crippen LogP contribution in [0.4, 0.5) is 0 Å². The Morgan fingerprint density at radius 2 is 1.42 bits per heavy atom. The minimum atomic E-state index is -1.63. The van der Waals surface area contributed by atoms with Gasteiger partial charge in [-0.3, -0.25) is 48.6 Å². The molecule has 444 valence electrons. The number of hydrogen-bond acceptors (Lipinski definition) is 19. The number of guanidine groups is 1. The second kappa shape index (κ2) is 38.5. The molecular formula is C48H86N20O11. The monoisotopic (exact) mass is 1120 g/mol. The number of aromatic nitrogens is 2. The van der Waals surface area contributed by atoms with Gasteiger partial charge in [0.1, 0.15) is 41.6 Å². The number of unbranched alkanes of at least 4 members (excludes halogenated alkanes) is 3. The average Bonchev–Trinajstić information content (AvgIpc) is 4.17. The quantitative estimate of drug-likeness (QED) is 0.0126. The van der Waals surface area contributed by atoms with E-state index in [1.54, 1.807) is 0 Å². The molecule has 31 nitrogen and oxygen atoms in total. The number of hydrogen-bond donors (Lipinski definition) is 19. The molecule has 7 atom stereocenters. The van der Waals surface area contributed by atoms with E-state index in [1.807, 2.05) is 0 Å². The maximum absolute atomic E-state index is 14.4. The van der Waals surface area contributed by atoms with Crippen molar-refractivity contribution in [3.63, 3.8) is 0 Å². The Kier molecular flexibility index (Phi) is 33.2. The topological polar surface area (TPSA) is 541 Å². The van der Waals surface area contributed by atoms with Crippen LogP contribution in [0.2, 0.25) is 0 Å². The number of likely N-dealkylation sites (tertiary alicyclic amines) is 1. The molecule has 9 amide bonds. The first-order chi connectivity index (χ1) is 37.8. The SMILES string of the molecule is N=C(N)NCC/C=C(\NC(=O)[C@H](CCCCN)NC(=O)[C@H](Cc1cnc[nH]1)NC(=O)[C@@H]1CCCN1C(=O)/C(CCCN)=N/C(=O)CNC(=O)[C@@H](NC(=O)C[C@@H](O)CN)[C@@H](O)CN)C(=O)N[C@@H](CCCCN)C(=O)NCCCCN. The first-order valence-corrected chi connectivity index (χ1v) is 26.6. The molecule has 26 N–H and O–H groups in total. The van der Waals surface area contributed by atoms with Gasteiger partial charge < -0.3 is 103 Å². The highest BCUT2D eigenvalue weighted by atomic mass is 16.3. The van der Waals surface area contributed by atoms with Crippen LogP contribution in [0.15, 0.2) is 29.3 Å². The zero-order valence-corrected chi connectivity index (χ0v) is 44.9. The molecule has 1 aromatic heterocycles. The molecule has 0 radical (unpaired) electrons. The maximum Gasteiger partial charge on any atom is 0.269 e. The largest absolute Gasteiger partial charge is 0.391 e. The molecule has 1 fully saturated rings. The predicted octanol–water partition coefficient (Wildman–Crippen LogP) is -7.28. The summed E-state index contributed by atoms with van der Waals surface area (Å²) in [6.45, 7) is 0.0827. The van der Waals surface area contributed by atoms with Gasteiger partial charge in [0.05, 0.1) is 31.5 Å². The van der Waals surface area contributed by atoms with Gasteiger partial charge in [-0.2, -0.15) is 0 Å². The van der Waals surface area contributed by atoms with Crippen LogP contribution in [-0.4, -0.2) is 198 Å². The molecule has 1 aliphatic heterocycles. The molecule has 0 bridgehead atoms. The molecule has 2 heterocycles. The maximum atomic E-state index is 14.4. The van der Waals surface area contributed by atoms with E-state index in [9.17, 15) is 53.4 Å². The number of carbonyl (C=O) groups excluding carboxylic acids is 9. The first-order valence-electron chi connectivity index (χ1n) is 26.6. The summed E-state index contributed by atoms with van der Waals surface area (Å²) in [7, 11) is 0. The second-order valence-corrected chi connectivity index (χ2v) is 18.7. The van der Waals surface area contributed by atoms with Crippen LogP contribution in [0.25, 0.3) is 0 Å². The fraction of sp³-hybridized carbons (Fsp3) is 0.667. The van der Waals surface area contributed by atoms with Gasteiger partial charge >= 0.3 is 0 Å². The number of imidazole rings is 1. The zero-order valence-electron chi connectivity index (χ0n) is 44.9. The number of nitrogens with zero attached hydrogens (tertiary/aromatic N) is 3. The van der Waals surface area contributed by atoms with E-state index in [4.69, 9.17) is 45.5 Å². The van der Waals surface area contributed by atoms with Crippen molar-refractivity contribution in [1.82, 2.24) is 57.4 Å². The van der Waals surface area contributed by atoms with Crippen molar-refractivity contribution < 1.29 is 53.4 Å². The lowest BCUT2D eigenvalue weighted by Crippen LogP contribution is -2.57. The smallest absolute Gasteiger partial charge is 0.269 e. The highest BCUT2D eigenvalue weighted by Crippen LogP contribution is 2.20. The second-order valence-electron chi connectivity index (χ2n) is 18.7. The Hall–Kier alpha value is -7.00. The molecule has 79 heavy (non-hydrogen) atoms. The van der Waals surface area contributed by atoms with E-state index < -0.39 is 115 Å². The van der Waals surface area contributed by atoms with Crippen LogP contribution < -0.4 is 82.7 Å². The van der Waals surface area contributed by atoms with E-state index in [0.717, 1.165) is 0 Å². The number of H-pyrrole nitrogens is 1. The highest BCUT2D eigenvalue weighted by Gasteiger charge is 2.39. The lowest BCUT2D eigenvalue weighted by molar-refractivity contribution is -0.136. The number of aromatic amines is 1. The third kappa shape index (κ3) is 26.0. The van der Waals surface area contributed by atoms with E-state index >= 15 is 0 Å². The molecule has 1 aliphatic rings. The van der Waals surface area contributed by atoms with Gasteiger partial charge in [-0.25, -0.2) is 9.98 Å². The number of nitrogens with one attached hydrogen (secondary N) is 10. The van der Waals surface area contributed by atoms with Gasteiger partial charge in [0.2, 0.25) is 35.4 Å². The number of aliphatic hydroxyl groups excluding tert-OH is 2. The molecule has 0 saturated carbocycles. The molecular weight excluding hydrogens is 1030 g/mol. The van der Waals surface area contributed by atoms with Gasteiger partial charge in [-0.15, -0.1) is 0 Å². The van der Waals surface area contributed by atoms with Crippen molar-refractivity contribution in [1.29, 1.82) is 5.41 Å². The zero-order chi connectivity index (χ0) is 58.7. The van der Waals surface area contributed by atoms with Gasteiger partial charge in [0.25, 0.3) is 17.7 Å². The third-order valence-corrected chi connectivity index (χ3v) is 12.3. The average molecular weight is 1120 g/mol. The number of nitrogens with two attached hydrogens (primary N) is 7. The third-order valence-electron chi connectivity index (χ3n) is 12.3. The van der Waals surface area contributed by atoms with E-state index in [2.05, 4.69) is 57.5 Å². The van der Waals surface area contributed by atoms with Gasteiger partial charge in [0, 0.05) is 51.0 Å². The fourth-order valence-corrected chi connectivity index (χ4v) is 7.97. The fourth-order valence-electron chi connectivity index (χ4n) is 7.97. The van der Waals surface area contributed by atoms with Crippen molar-refractivity contribution in [2.45, 2.75) is 139 Å². The Morgan fingerprint density at radius 3 is 2.03 bits per heavy atom. The molecule has 1 aromatic rings. The molecule has 0 spiro atoms.